The number of likely N-dealkylation sites (N-methyl/N-ethyl adjacent to an activating group) is 1. The number of carbonyl (C=O) groups is 1. The monoisotopic (exact) mass is 470 g/mol. The second-order valence-electron chi connectivity index (χ2n) is 8.30. The third-order valence-electron chi connectivity index (χ3n) is 5.80. The van der Waals surface area contributed by atoms with Gasteiger partial charge in [0, 0.05) is 38.4 Å². The van der Waals surface area contributed by atoms with Gasteiger partial charge in [0.15, 0.2) is 6.54 Å². The van der Waals surface area contributed by atoms with Gasteiger partial charge >= 0.3 is 0 Å². The van der Waals surface area contributed by atoms with Gasteiger partial charge in [-0.15, -0.1) is 0 Å². The summed E-state index contributed by atoms with van der Waals surface area (Å²) in [5.74, 6) is 0.161. The molecular formula is C25H37N2OY+. The molecule has 0 aliphatic carbocycles. The summed E-state index contributed by atoms with van der Waals surface area (Å²) < 4.78 is 0.954. The predicted molar refractivity (Wildman–Crippen MR) is 120 cm³/mol. The molecular weight excluding hydrogens is 433 g/mol. The van der Waals surface area contributed by atoms with Crippen molar-refractivity contribution in [2.45, 2.75) is 53.9 Å². The molecule has 1 radical (unpaired) electrons. The minimum atomic E-state index is 0. The molecule has 4 heteroatoms. The molecule has 1 fully saturated rings. The molecule has 2 aromatic rings. The van der Waals surface area contributed by atoms with E-state index in [2.05, 4.69) is 64.2 Å². The topological polar surface area (TPSA) is 29.1 Å². The van der Waals surface area contributed by atoms with E-state index < -0.39 is 0 Å². The Morgan fingerprint density at radius 1 is 0.897 bits per heavy atom. The molecule has 0 aromatic heterocycles. The first kappa shape index (κ1) is 26.0. The van der Waals surface area contributed by atoms with E-state index in [1.807, 2.05) is 18.2 Å². The van der Waals surface area contributed by atoms with Crippen LogP contribution in [-0.2, 0) is 37.5 Å². The molecule has 0 spiro atoms. The molecule has 2 aromatic carbocycles. The third kappa shape index (κ3) is 8.32. The first-order chi connectivity index (χ1) is 13.3. The number of carbonyl (C=O) groups excluding carboxylic acids is 1. The van der Waals surface area contributed by atoms with E-state index in [-0.39, 0.29) is 38.6 Å². The quantitative estimate of drug-likeness (QED) is 0.583. The smallest absolute Gasteiger partial charge is 0.279 e. The maximum atomic E-state index is 12.5. The third-order valence-corrected chi connectivity index (χ3v) is 5.80. The Labute approximate surface area is 202 Å². The van der Waals surface area contributed by atoms with Crippen molar-refractivity contribution in [3.05, 3.63) is 64.7 Å². The number of anilines is 1. The molecule has 1 amide bonds. The number of amides is 1. The number of likely N-dealkylation sites (tertiary alicyclic amines) is 1. The number of nitrogens with one attached hydrogen (secondary N) is 1. The van der Waals surface area contributed by atoms with Gasteiger partial charge in [-0.05, 0) is 65.0 Å². The Morgan fingerprint density at radius 2 is 1.45 bits per heavy atom. The van der Waals surface area contributed by atoms with E-state index in [9.17, 15) is 4.79 Å². The molecule has 155 valence electrons. The maximum Gasteiger partial charge on any atom is 0.279 e. The fourth-order valence-electron chi connectivity index (χ4n) is 4.16. The standard InChI is InChI=1S/C18H28N2O.C7H8.Y/c1-5-20(9-7-6-8-10-20)13-17(21)19-18-15(3)11-14(2)12-16(18)4;1-7-5-3-2-4-6-7;/h11-12H,5-10,13H2,1-4H3;2-6H,1H3;/p+1. The summed E-state index contributed by atoms with van der Waals surface area (Å²) in [6, 6.07) is 14.5. The zero-order valence-corrected chi connectivity index (χ0v) is 21.8. The second-order valence-corrected chi connectivity index (χ2v) is 8.30. The minimum absolute atomic E-state index is 0. The van der Waals surface area contributed by atoms with Crippen molar-refractivity contribution in [3.63, 3.8) is 0 Å². The zero-order chi connectivity index (χ0) is 20.6. The van der Waals surface area contributed by atoms with Crippen LogP contribution in [0, 0.1) is 27.7 Å². The van der Waals surface area contributed by atoms with Crippen LogP contribution in [0.3, 0.4) is 0 Å². The number of rotatable bonds is 4. The molecule has 3 rings (SSSR count). The second kappa shape index (κ2) is 12.6. The van der Waals surface area contributed by atoms with Crippen molar-refractivity contribution in [1.82, 2.24) is 0 Å². The summed E-state index contributed by atoms with van der Waals surface area (Å²) in [5, 5.41) is 3.16. The van der Waals surface area contributed by atoms with Gasteiger partial charge in [-0.25, -0.2) is 0 Å². The SMILES string of the molecule is CC[N+]1(CC(=O)Nc2c(C)cc(C)cc2C)CCCCC1.Cc1ccccc1.[Y]. The number of quaternary nitrogens is 1. The van der Waals surface area contributed by atoms with Gasteiger partial charge in [-0.2, -0.15) is 0 Å². The van der Waals surface area contributed by atoms with Crippen LogP contribution in [0.4, 0.5) is 5.69 Å². The van der Waals surface area contributed by atoms with Gasteiger partial charge in [0.25, 0.3) is 5.91 Å². The average molecular weight is 470 g/mol. The molecule has 1 N–H and O–H groups in total. The summed E-state index contributed by atoms with van der Waals surface area (Å²) >= 11 is 0. The van der Waals surface area contributed by atoms with Gasteiger partial charge < -0.3 is 9.80 Å². The van der Waals surface area contributed by atoms with E-state index >= 15 is 0 Å². The molecule has 1 aliphatic heterocycles. The van der Waals surface area contributed by atoms with Crippen LogP contribution in [0.1, 0.15) is 48.4 Å². The predicted octanol–water partition coefficient (Wildman–Crippen LogP) is 5.56. The fourth-order valence-corrected chi connectivity index (χ4v) is 4.16. The number of piperidine rings is 1. The summed E-state index contributed by atoms with van der Waals surface area (Å²) in [5.41, 5.74) is 5.88. The largest absolute Gasteiger partial charge is 0.321 e. The van der Waals surface area contributed by atoms with E-state index in [0.717, 1.165) is 40.9 Å². The van der Waals surface area contributed by atoms with Gasteiger partial charge in [0.1, 0.15) is 0 Å². The number of hydrogen-bond acceptors (Lipinski definition) is 1. The normalized spacial score (nSPS) is 14.8. The minimum Gasteiger partial charge on any atom is -0.321 e. The molecule has 0 atom stereocenters. The molecule has 1 saturated heterocycles. The Bertz CT molecular complexity index is 745. The van der Waals surface area contributed by atoms with Crippen molar-refractivity contribution in [3.8, 4) is 0 Å². The maximum absolute atomic E-state index is 12.5. The number of benzene rings is 2. The number of aryl methyl sites for hydroxylation is 4. The van der Waals surface area contributed by atoms with Crippen LogP contribution in [-0.4, -0.2) is 36.6 Å². The van der Waals surface area contributed by atoms with Gasteiger partial charge in [0.2, 0.25) is 0 Å². The van der Waals surface area contributed by atoms with Gasteiger partial charge in [0.05, 0.1) is 19.6 Å². The zero-order valence-electron chi connectivity index (χ0n) is 18.9. The first-order valence-electron chi connectivity index (χ1n) is 10.6. The summed E-state index contributed by atoms with van der Waals surface area (Å²) in [6.07, 6.45) is 3.82. The van der Waals surface area contributed by atoms with Crippen molar-refractivity contribution >= 4 is 11.6 Å². The van der Waals surface area contributed by atoms with Crippen LogP contribution < -0.4 is 5.32 Å². The van der Waals surface area contributed by atoms with Gasteiger partial charge in [-0.3, -0.25) is 4.79 Å². The Morgan fingerprint density at radius 3 is 1.90 bits per heavy atom. The number of nitrogens with zero attached hydrogens (tertiary/aromatic N) is 1. The molecule has 3 nitrogen and oxygen atoms in total. The van der Waals surface area contributed by atoms with Crippen LogP contribution in [0.5, 0.6) is 0 Å². The van der Waals surface area contributed by atoms with Crippen LogP contribution in [0.15, 0.2) is 42.5 Å². The van der Waals surface area contributed by atoms with Crippen LogP contribution in [0.25, 0.3) is 0 Å². The fraction of sp³-hybridized carbons (Fsp3) is 0.480. The van der Waals surface area contributed by atoms with E-state index in [1.165, 1.54) is 30.4 Å². The molecule has 0 saturated carbocycles. The van der Waals surface area contributed by atoms with Crippen molar-refractivity contribution in [2.24, 2.45) is 0 Å². The van der Waals surface area contributed by atoms with Crippen LogP contribution in [0.2, 0.25) is 0 Å². The van der Waals surface area contributed by atoms with Crippen LogP contribution >= 0.6 is 0 Å². The summed E-state index contributed by atoms with van der Waals surface area (Å²) in [7, 11) is 0. The first-order valence-corrected chi connectivity index (χ1v) is 10.6. The van der Waals surface area contributed by atoms with E-state index in [4.69, 9.17) is 0 Å². The number of hydrogen-bond donors (Lipinski definition) is 1. The summed E-state index contributed by atoms with van der Waals surface area (Å²) in [4.78, 5) is 12.5. The Balaban J connectivity index is 0.000000445. The van der Waals surface area contributed by atoms with E-state index in [1.54, 1.807) is 0 Å². The Hall–Kier alpha value is -1.03. The molecule has 1 heterocycles. The average Bonchev–Trinajstić information content (AvgIpc) is 2.66. The van der Waals surface area contributed by atoms with Gasteiger partial charge in [-0.1, -0.05) is 53.6 Å². The molecule has 1 aliphatic rings. The molecule has 0 unspecified atom stereocenters. The molecule has 0 bridgehead atoms. The summed E-state index contributed by atoms with van der Waals surface area (Å²) in [6.45, 7) is 14.5. The molecule has 29 heavy (non-hydrogen) atoms. The Kier molecular flexibility index (Phi) is 11.3. The van der Waals surface area contributed by atoms with Crippen molar-refractivity contribution < 1.29 is 42.0 Å². The van der Waals surface area contributed by atoms with Crippen molar-refractivity contribution in [2.75, 3.05) is 31.5 Å². The van der Waals surface area contributed by atoms with E-state index in [0.29, 0.717) is 6.54 Å². The van der Waals surface area contributed by atoms with Crippen molar-refractivity contribution in [1.29, 1.82) is 0 Å².